The molecule has 1 amide bonds. The number of benzene rings is 1. The smallest absolute Gasteiger partial charge is 0.223 e. The molecule has 3 rings (SSSR count). The van der Waals surface area contributed by atoms with Gasteiger partial charge in [0.25, 0.3) is 0 Å². The summed E-state index contributed by atoms with van der Waals surface area (Å²) in [7, 11) is 0. The topological polar surface area (TPSA) is 29.1 Å². The van der Waals surface area contributed by atoms with E-state index in [0.717, 1.165) is 32.1 Å². The highest BCUT2D eigenvalue weighted by molar-refractivity contribution is 5.81. The second kappa shape index (κ2) is 3.93. The highest BCUT2D eigenvalue weighted by atomic mass is 16.2. The van der Waals surface area contributed by atoms with Gasteiger partial charge in [-0.15, -0.1) is 0 Å². The van der Waals surface area contributed by atoms with Gasteiger partial charge in [-0.2, -0.15) is 0 Å². The van der Waals surface area contributed by atoms with Gasteiger partial charge in [-0.05, 0) is 43.2 Å². The molecule has 0 unspecified atom stereocenters. The Bertz CT molecular complexity index is 409. The summed E-state index contributed by atoms with van der Waals surface area (Å²) >= 11 is 0. The lowest BCUT2D eigenvalue weighted by atomic mass is 9.88. The van der Waals surface area contributed by atoms with E-state index in [1.165, 1.54) is 11.1 Å². The molecule has 0 aliphatic heterocycles. The van der Waals surface area contributed by atoms with Crippen molar-refractivity contribution >= 4 is 5.91 Å². The van der Waals surface area contributed by atoms with Gasteiger partial charge in [0, 0.05) is 12.0 Å². The number of rotatable bonds is 2. The van der Waals surface area contributed by atoms with Crippen LogP contribution in [0.5, 0.6) is 0 Å². The molecule has 0 aromatic heterocycles. The summed E-state index contributed by atoms with van der Waals surface area (Å²) in [5.74, 6) is 0.613. The molecule has 2 aliphatic rings. The number of amides is 1. The third-order valence-electron chi connectivity index (χ3n) is 3.64. The molecule has 1 aromatic carbocycles. The summed E-state index contributed by atoms with van der Waals surface area (Å²) in [6, 6.07) is 8.94. The first-order valence-corrected chi connectivity index (χ1v) is 6.20. The van der Waals surface area contributed by atoms with E-state index in [4.69, 9.17) is 0 Å². The average molecular weight is 215 g/mol. The fourth-order valence-electron chi connectivity index (χ4n) is 2.49. The first-order chi connectivity index (χ1) is 7.83. The molecule has 84 valence electrons. The maximum Gasteiger partial charge on any atom is 0.223 e. The molecule has 1 fully saturated rings. The second-order valence-corrected chi connectivity index (χ2v) is 4.99. The molecule has 2 aliphatic carbocycles. The van der Waals surface area contributed by atoms with E-state index in [9.17, 15) is 4.79 Å². The van der Waals surface area contributed by atoms with Crippen LogP contribution in [0.15, 0.2) is 24.3 Å². The van der Waals surface area contributed by atoms with Crippen LogP contribution in [0.2, 0.25) is 0 Å². The van der Waals surface area contributed by atoms with Crippen LogP contribution < -0.4 is 5.32 Å². The third-order valence-corrected chi connectivity index (χ3v) is 3.64. The minimum Gasteiger partial charge on any atom is -0.353 e. The number of carbonyl (C=O) groups is 1. The molecule has 0 radical (unpaired) electrons. The van der Waals surface area contributed by atoms with E-state index >= 15 is 0 Å². The quantitative estimate of drug-likeness (QED) is 0.804. The summed E-state index contributed by atoms with van der Waals surface area (Å²) in [6.07, 6.45) is 5.39. The van der Waals surface area contributed by atoms with Gasteiger partial charge >= 0.3 is 0 Å². The molecule has 1 N–H and O–H groups in total. The Morgan fingerprint density at radius 3 is 2.62 bits per heavy atom. The predicted molar refractivity (Wildman–Crippen MR) is 63.1 cm³/mol. The number of nitrogens with one attached hydrogen (secondary N) is 1. The fraction of sp³-hybridized carbons (Fsp3) is 0.500. The SMILES string of the molecule is O=C(N[C@H]1CCc2ccccc2C1)C1CC1. The van der Waals surface area contributed by atoms with Crippen LogP contribution in [0.3, 0.4) is 0 Å². The fourth-order valence-corrected chi connectivity index (χ4v) is 2.49. The molecule has 1 aromatic rings. The Morgan fingerprint density at radius 2 is 1.88 bits per heavy atom. The Labute approximate surface area is 96.1 Å². The van der Waals surface area contributed by atoms with Crippen molar-refractivity contribution in [2.75, 3.05) is 0 Å². The second-order valence-electron chi connectivity index (χ2n) is 4.99. The first kappa shape index (κ1) is 9.88. The minimum atomic E-state index is 0.282. The van der Waals surface area contributed by atoms with Crippen molar-refractivity contribution in [2.24, 2.45) is 5.92 Å². The van der Waals surface area contributed by atoms with E-state index < -0.39 is 0 Å². The Morgan fingerprint density at radius 1 is 1.12 bits per heavy atom. The third kappa shape index (κ3) is 1.97. The maximum atomic E-state index is 11.7. The highest BCUT2D eigenvalue weighted by Crippen LogP contribution is 2.29. The van der Waals surface area contributed by atoms with Crippen LogP contribution in [-0.4, -0.2) is 11.9 Å². The van der Waals surface area contributed by atoms with Crippen molar-refractivity contribution in [1.29, 1.82) is 0 Å². The lowest BCUT2D eigenvalue weighted by Gasteiger charge is -2.25. The Kier molecular flexibility index (Phi) is 2.43. The van der Waals surface area contributed by atoms with Gasteiger partial charge in [-0.25, -0.2) is 0 Å². The van der Waals surface area contributed by atoms with Crippen LogP contribution >= 0.6 is 0 Å². The monoisotopic (exact) mass is 215 g/mol. The zero-order chi connectivity index (χ0) is 11.0. The maximum absolute atomic E-state index is 11.7. The van der Waals surface area contributed by atoms with Gasteiger partial charge in [0.1, 0.15) is 0 Å². The summed E-state index contributed by atoms with van der Waals surface area (Å²) in [5, 5.41) is 3.18. The molecular weight excluding hydrogens is 198 g/mol. The number of carbonyl (C=O) groups excluding carboxylic acids is 1. The van der Waals surface area contributed by atoms with E-state index in [1.807, 2.05) is 0 Å². The van der Waals surface area contributed by atoms with Gasteiger partial charge in [-0.3, -0.25) is 4.79 Å². The normalized spacial score (nSPS) is 23.6. The van der Waals surface area contributed by atoms with Gasteiger partial charge in [0.05, 0.1) is 0 Å². The number of hydrogen-bond acceptors (Lipinski definition) is 1. The zero-order valence-electron chi connectivity index (χ0n) is 9.41. The van der Waals surface area contributed by atoms with Crippen molar-refractivity contribution in [2.45, 2.75) is 38.1 Å². The number of hydrogen-bond donors (Lipinski definition) is 1. The molecule has 2 nitrogen and oxygen atoms in total. The molecule has 16 heavy (non-hydrogen) atoms. The summed E-state index contributed by atoms with van der Waals surface area (Å²) in [4.78, 5) is 11.7. The molecule has 0 saturated heterocycles. The van der Waals surface area contributed by atoms with Crippen molar-refractivity contribution < 1.29 is 4.79 Å². The van der Waals surface area contributed by atoms with Crippen LogP contribution in [0.25, 0.3) is 0 Å². The zero-order valence-corrected chi connectivity index (χ0v) is 9.41. The first-order valence-electron chi connectivity index (χ1n) is 6.20. The lowest BCUT2D eigenvalue weighted by molar-refractivity contribution is -0.123. The van der Waals surface area contributed by atoms with E-state index in [0.29, 0.717) is 12.0 Å². The number of aryl methyl sites for hydroxylation is 1. The van der Waals surface area contributed by atoms with Gasteiger partial charge < -0.3 is 5.32 Å². The summed E-state index contributed by atoms with van der Waals surface area (Å²) in [5.41, 5.74) is 2.87. The van der Waals surface area contributed by atoms with Crippen molar-refractivity contribution in [3.05, 3.63) is 35.4 Å². The van der Waals surface area contributed by atoms with Crippen molar-refractivity contribution in [3.63, 3.8) is 0 Å². The molecule has 0 heterocycles. The minimum absolute atomic E-state index is 0.282. The average Bonchev–Trinajstić information content (AvgIpc) is 3.12. The molecular formula is C14H17NO. The van der Waals surface area contributed by atoms with Gasteiger partial charge in [-0.1, -0.05) is 24.3 Å². The van der Waals surface area contributed by atoms with E-state index in [1.54, 1.807) is 0 Å². The van der Waals surface area contributed by atoms with Crippen LogP contribution in [-0.2, 0) is 17.6 Å². The predicted octanol–water partition coefficient (Wildman–Crippen LogP) is 2.07. The van der Waals surface area contributed by atoms with Crippen LogP contribution in [0, 0.1) is 5.92 Å². The van der Waals surface area contributed by atoms with Gasteiger partial charge in [0.2, 0.25) is 5.91 Å². The molecule has 2 heteroatoms. The summed E-state index contributed by atoms with van der Waals surface area (Å²) < 4.78 is 0. The van der Waals surface area contributed by atoms with Crippen molar-refractivity contribution in [3.8, 4) is 0 Å². The molecule has 0 bridgehead atoms. The standard InChI is InChI=1S/C14H17NO/c16-14(11-5-6-11)15-13-8-7-10-3-1-2-4-12(10)9-13/h1-4,11,13H,5-9H2,(H,15,16)/t13-/m0/s1. The van der Waals surface area contributed by atoms with Gasteiger partial charge in [0.15, 0.2) is 0 Å². The summed E-state index contributed by atoms with van der Waals surface area (Å²) in [6.45, 7) is 0. The van der Waals surface area contributed by atoms with E-state index in [2.05, 4.69) is 29.6 Å². The number of fused-ring (bicyclic) bond motifs is 1. The van der Waals surface area contributed by atoms with E-state index in [-0.39, 0.29) is 5.91 Å². The largest absolute Gasteiger partial charge is 0.353 e. The molecule has 1 atom stereocenters. The van der Waals surface area contributed by atoms with Crippen molar-refractivity contribution in [1.82, 2.24) is 5.32 Å². The van der Waals surface area contributed by atoms with Crippen LogP contribution in [0.1, 0.15) is 30.4 Å². The Hall–Kier alpha value is -1.31. The lowest BCUT2D eigenvalue weighted by Crippen LogP contribution is -2.39. The molecule has 1 saturated carbocycles. The highest BCUT2D eigenvalue weighted by Gasteiger charge is 2.31. The molecule has 0 spiro atoms. The van der Waals surface area contributed by atoms with Crippen LogP contribution in [0.4, 0.5) is 0 Å². The Balaban J connectivity index is 1.65.